The van der Waals surface area contributed by atoms with Crippen LogP contribution in [0.2, 0.25) is 0 Å². The van der Waals surface area contributed by atoms with Crippen LogP contribution in [0.15, 0.2) is 0 Å². The van der Waals surface area contributed by atoms with E-state index in [-0.39, 0.29) is 29.5 Å². The van der Waals surface area contributed by atoms with Crippen molar-refractivity contribution in [2.24, 2.45) is 11.7 Å². The molecule has 7 heteroatoms. The summed E-state index contributed by atoms with van der Waals surface area (Å²) in [5.41, 5.74) is 5.30. The second kappa shape index (κ2) is 5.38. The summed E-state index contributed by atoms with van der Waals surface area (Å²) >= 11 is 0. The molecular formula is C12H19N5O2. The van der Waals surface area contributed by atoms with Gasteiger partial charge in [-0.05, 0) is 12.8 Å². The summed E-state index contributed by atoms with van der Waals surface area (Å²) < 4.78 is 0. The van der Waals surface area contributed by atoms with Crippen LogP contribution in [0.1, 0.15) is 49.1 Å². The molecule has 2 heterocycles. The van der Waals surface area contributed by atoms with Crippen molar-refractivity contribution in [1.29, 1.82) is 0 Å². The molecule has 0 aromatic carbocycles. The van der Waals surface area contributed by atoms with E-state index in [4.69, 9.17) is 5.73 Å². The lowest BCUT2D eigenvalue weighted by Crippen LogP contribution is -2.44. The zero-order valence-corrected chi connectivity index (χ0v) is 11.2. The van der Waals surface area contributed by atoms with E-state index in [1.54, 1.807) is 4.90 Å². The quantitative estimate of drug-likeness (QED) is 0.818. The molecule has 0 radical (unpaired) electrons. The number of nitrogens with two attached hydrogens (primary N) is 1. The number of H-pyrrole nitrogens is 1. The van der Waals surface area contributed by atoms with E-state index in [2.05, 4.69) is 15.2 Å². The Kier molecular flexibility index (Phi) is 3.82. The summed E-state index contributed by atoms with van der Waals surface area (Å²) in [6, 6.07) is 0. The largest absolute Gasteiger partial charge is 0.369 e. The summed E-state index contributed by atoms with van der Waals surface area (Å²) in [6.07, 6.45) is 1.52. The molecule has 2 amide bonds. The Balaban J connectivity index is 2.08. The van der Waals surface area contributed by atoms with E-state index in [1.165, 1.54) is 0 Å². The number of carbonyl (C=O) groups is 2. The first kappa shape index (κ1) is 13.5. The van der Waals surface area contributed by atoms with Crippen LogP contribution < -0.4 is 5.73 Å². The van der Waals surface area contributed by atoms with Gasteiger partial charge >= 0.3 is 0 Å². The normalized spacial score (nSPS) is 19.7. The van der Waals surface area contributed by atoms with E-state index in [0.29, 0.717) is 18.9 Å². The lowest BCUT2D eigenvalue weighted by Gasteiger charge is -2.30. The Hall–Kier alpha value is -1.92. The second-order valence-corrected chi connectivity index (χ2v) is 5.19. The molecule has 0 saturated carbocycles. The molecule has 3 N–H and O–H groups in total. The summed E-state index contributed by atoms with van der Waals surface area (Å²) in [4.78, 5) is 29.2. The molecule has 1 aliphatic heterocycles. The molecule has 0 spiro atoms. The highest BCUT2D eigenvalue weighted by Crippen LogP contribution is 2.18. The minimum atomic E-state index is -0.352. The number of likely N-dealkylation sites (tertiary alicyclic amines) is 1. The second-order valence-electron chi connectivity index (χ2n) is 5.19. The van der Waals surface area contributed by atoms with Gasteiger partial charge < -0.3 is 10.6 Å². The first-order chi connectivity index (χ1) is 8.99. The lowest BCUT2D eigenvalue weighted by molar-refractivity contribution is -0.123. The summed E-state index contributed by atoms with van der Waals surface area (Å²) in [7, 11) is 0. The molecule has 1 aromatic heterocycles. The number of primary amides is 1. The SMILES string of the molecule is CC(C)c1nc(C(=O)N2CCCC(C(N)=O)C2)n[nH]1. The van der Waals surface area contributed by atoms with Crippen LogP contribution in [0.4, 0.5) is 0 Å². The molecule has 2 rings (SSSR count). The number of carbonyl (C=O) groups excluding carboxylic acids is 2. The molecule has 1 atom stereocenters. The van der Waals surface area contributed by atoms with Crippen molar-refractivity contribution in [2.45, 2.75) is 32.6 Å². The molecule has 1 aliphatic rings. The topological polar surface area (TPSA) is 105 Å². The van der Waals surface area contributed by atoms with E-state index in [0.717, 1.165) is 12.8 Å². The molecule has 7 nitrogen and oxygen atoms in total. The van der Waals surface area contributed by atoms with Crippen LogP contribution in [-0.2, 0) is 4.79 Å². The molecule has 1 saturated heterocycles. The molecule has 0 aliphatic carbocycles. The van der Waals surface area contributed by atoms with E-state index in [1.807, 2.05) is 13.8 Å². The van der Waals surface area contributed by atoms with Crippen molar-refractivity contribution in [3.63, 3.8) is 0 Å². The highest BCUT2D eigenvalue weighted by molar-refractivity contribution is 5.91. The van der Waals surface area contributed by atoms with E-state index >= 15 is 0 Å². The van der Waals surface area contributed by atoms with Crippen LogP contribution in [0, 0.1) is 5.92 Å². The zero-order valence-electron chi connectivity index (χ0n) is 11.2. The summed E-state index contributed by atoms with van der Waals surface area (Å²) in [6.45, 7) is 4.92. The number of hydrogen-bond acceptors (Lipinski definition) is 4. The van der Waals surface area contributed by atoms with Gasteiger partial charge in [0.15, 0.2) is 0 Å². The maximum atomic E-state index is 12.2. The molecule has 104 valence electrons. The van der Waals surface area contributed by atoms with Crippen molar-refractivity contribution in [1.82, 2.24) is 20.1 Å². The Morgan fingerprint density at radius 2 is 2.21 bits per heavy atom. The van der Waals surface area contributed by atoms with E-state index in [9.17, 15) is 9.59 Å². The van der Waals surface area contributed by atoms with Gasteiger partial charge in [0.2, 0.25) is 11.7 Å². The van der Waals surface area contributed by atoms with Gasteiger partial charge in [-0.15, -0.1) is 5.10 Å². The Morgan fingerprint density at radius 3 is 2.79 bits per heavy atom. The third-order valence-corrected chi connectivity index (χ3v) is 3.35. The van der Waals surface area contributed by atoms with Crippen LogP contribution >= 0.6 is 0 Å². The lowest BCUT2D eigenvalue weighted by atomic mass is 9.97. The third kappa shape index (κ3) is 2.91. The van der Waals surface area contributed by atoms with E-state index < -0.39 is 0 Å². The highest BCUT2D eigenvalue weighted by atomic mass is 16.2. The molecule has 1 aromatic rings. The fourth-order valence-electron chi connectivity index (χ4n) is 2.16. The van der Waals surface area contributed by atoms with Crippen molar-refractivity contribution < 1.29 is 9.59 Å². The number of nitrogens with zero attached hydrogens (tertiary/aromatic N) is 3. The molecule has 19 heavy (non-hydrogen) atoms. The van der Waals surface area contributed by atoms with Crippen LogP contribution in [0.3, 0.4) is 0 Å². The summed E-state index contributed by atoms with van der Waals surface area (Å²) in [5, 5.41) is 6.70. The number of hydrogen-bond donors (Lipinski definition) is 2. The average Bonchev–Trinajstić information content (AvgIpc) is 2.87. The minimum Gasteiger partial charge on any atom is -0.369 e. The van der Waals surface area contributed by atoms with Crippen molar-refractivity contribution in [3.05, 3.63) is 11.6 Å². The van der Waals surface area contributed by atoms with Crippen molar-refractivity contribution >= 4 is 11.8 Å². The van der Waals surface area contributed by atoms with Gasteiger partial charge in [-0.1, -0.05) is 13.8 Å². The highest BCUT2D eigenvalue weighted by Gasteiger charge is 2.29. The van der Waals surface area contributed by atoms with Gasteiger partial charge in [0.05, 0.1) is 5.92 Å². The van der Waals surface area contributed by atoms with Gasteiger partial charge in [-0.25, -0.2) is 4.98 Å². The standard InChI is InChI=1S/C12H19N5O2/c1-7(2)10-14-11(16-15-10)12(19)17-5-3-4-8(6-17)9(13)18/h7-8H,3-6H2,1-2H3,(H2,13,18)(H,14,15,16). The number of piperidine rings is 1. The zero-order chi connectivity index (χ0) is 14.0. The first-order valence-corrected chi connectivity index (χ1v) is 6.50. The van der Waals surface area contributed by atoms with Gasteiger partial charge in [0.1, 0.15) is 5.82 Å². The van der Waals surface area contributed by atoms with Crippen molar-refractivity contribution in [3.8, 4) is 0 Å². The fraction of sp³-hybridized carbons (Fsp3) is 0.667. The third-order valence-electron chi connectivity index (χ3n) is 3.35. The minimum absolute atomic E-state index is 0.161. The number of amides is 2. The molecule has 1 unspecified atom stereocenters. The van der Waals surface area contributed by atoms with Crippen LogP contribution in [0.25, 0.3) is 0 Å². The van der Waals surface area contributed by atoms with Gasteiger partial charge in [-0.3, -0.25) is 14.7 Å². The Labute approximate surface area is 111 Å². The summed E-state index contributed by atoms with van der Waals surface area (Å²) in [5.74, 6) is 0.181. The predicted octanol–water partition coefficient (Wildman–Crippen LogP) is 0.266. The van der Waals surface area contributed by atoms with Crippen LogP contribution in [-0.4, -0.2) is 45.0 Å². The fourth-order valence-corrected chi connectivity index (χ4v) is 2.16. The maximum Gasteiger partial charge on any atom is 0.293 e. The predicted molar refractivity (Wildman–Crippen MR) is 68.3 cm³/mol. The van der Waals surface area contributed by atoms with Gasteiger partial charge in [-0.2, -0.15) is 0 Å². The van der Waals surface area contributed by atoms with Gasteiger partial charge in [0, 0.05) is 19.0 Å². The molecule has 0 bridgehead atoms. The smallest absolute Gasteiger partial charge is 0.293 e. The molecular weight excluding hydrogens is 246 g/mol. The number of nitrogens with one attached hydrogen (secondary N) is 1. The monoisotopic (exact) mass is 265 g/mol. The first-order valence-electron chi connectivity index (χ1n) is 6.50. The van der Waals surface area contributed by atoms with Gasteiger partial charge in [0.25, 0.3) is 5.91 Å². The number of rotatable bonds is 3. The average molecular weight is 265 g/mol. The Bertz CT molecular complexity index is 482. The maximum absolute atomic E-state index is 12.2. The van der Waals surface area contributed by atoms with Crippen molar-refractivity contribution in [2.75, 3.05) is 13.1 Å². The number of aromatic amines is 1. The Morgan fingerprint density at radius 1 is 1.47 bits per heavy atom. The molecule has 1 fully saturated rings. The number of aromatic nitrogens is 3. The van der Waals surface area contributed by atoms with Crippen LogP contribution in [0.5, 0.6) is 0 Å².